The zero-order chi connectivity index (χ0) is 25.7. The fraction of sp³-hybridized carbons (Fsp3) is 0.391. The van der Waals surface area contributed by atoms with Crippen LogP contribution in [-0.2, 0) is 25.0 Å². The average molecular weight is 501 g/mol. The monoisotopic (exact) mass is 500 g/mol. The average Bonchev–Trinajstić information content (AvgIpc) is 3.56. The Kier molecular flexibility index (Phi) is 8.35. The lowest BCUT2D eigenvalue weighted by Gasteiger charge is -2.16. The first-order valence-electron chi connectivity index (χ1n) is 10.5. The van der Waals surface area contributed by atoms with E-state index in [0.717, 1.165) is 30.4 Å². The van der Waals surface area contributed by atoms with Crippen LogP contribution in [0.1, 0.15) is 42.9 Å². The van der Waals surface area contributed by atoms with Gasteiger partial charge in [-0.25, -0.2) is 13.2 Å². The molecule has 3 N–H and O–H groups in total. The van der Waals surface area contributed by atoms with E-state index in [2.05, 4.69) is 10.0 Å². The van der Waals surface area contributed by atoms with Gasteiger partial charge in [0.1, 0.15) is 0 Å². The Morgan fingerprint density at radius 2 is 1.62 bits per heavy atom. The molecule has 34 heavy (non-hydrogen) atoms. The van der Waals surface area contributed by atoms with Crippen molar-refractivity contribution in [1.29, 1.82) is 0 Å². The topological polar surface area (TPSA) is 113 Å². The maximum Gasteiger partial charge on any atom is 0.490 e. The Bertz CT molecular complexity index is 1140. The summed E-state index contributed by atoms with van der Waals surface area (Å²) >= 11 is 0. The molecule has 7 nitrogen and oxygen atoms in total. The lowest BCUT2D eigenvalue weighted by molar-refractivity contribution is -0.192. The SMILES string of the molecule is CCCNC(=O)C1(c2ccc(NS(=O)(=O)c3cc(C)ccc3C)cc2)CC1.O=C(O)C(F)(F)F. The van der Waals surface area contributed by atoms with Gasteiger partial charge >= 0.3 is 12.1 Å². The van der Waals surface area contributed by atoms with Crippen LogP contribution >= 0.6 is 0 Å². The minimum absolute atomic E-state index is 0.0630. The number of carbonyl (C=O) groups is 2. The second kappa shape index (κ2) is 10.5. The first-order valence-corrected chi connectivity index (χ1v) is 12.0. The van der Waals surface area contributed by atoms with Crippen molar-refractivity contribution in [2.24, 2.45) is 0 Å². The van der Waals surface area contributed by atoms with Gasteiger partial charge in [-0.05, 0) is 68.0 Å². The number of nitrogens with one attached hydrogen (secondary N) is 2. The number of carboxylic acid groups (broad SMARTS) is 1. The van der Waals surface area contributed by atoms with Crippen LogP contribution in [-0.4, -0.2) is 38.1 Å². The van der Waals surface area contributed by atoms with Crippen molar-refractivity contribution in [3.8, 4) is 0 Å². The number of anilines is 1. The maximum atomic E-state index is 12.7. The molecular weight excluding hydrogens is 473 g/mol. The molecule has 0 heterocycles. The molecule has 0 radical (unpaired) electrons. The van der Waals surface area contributed by atoms with E-state index in [1.54, 1.807) is 31.2 Å². The van der Waals surface area contributed by atoms with Gasteiger partial charge in [-0.1, -0.05) is 31.2 Å². The third-order valence-corrected chi connectivity index (χ3v) is 6.81. The Morgan fingerprint density at radius 3 is 2.09 bits per heavy atom. The number of hydrogen-bond donors (Lipinski definition) is 3. The summed E-state index contributed by atoms with van der Waals surface area (Å²) in [7, 11) is -3.66. The van der Waals surface area contributed by atoms with Crippen molar-refractivity contribution in [3.63, 3.8) is 0 Å². The molecule has 1 amide bonds. The summed E-state index contributed by atoms with van der Waals surface area (Å²) in [6.45, 7) is 6.35. The maximum absolute atomic E-state index is 12.7. The van der Waals surface area contributed by atoms with Gasteiger partial charge in [0.15, 0.2) is 0 Å². The van der Waals surface area contributed by atoms with Crippen LogP contribution in [0, 0.1) is 13.8 Å². The first-order chi connectivity index (χ1) is 15.7. The third kappa shape index (κ3) is 6.72. The second-order valence-corrected chi connectivity index (χ2v) is 9.74. The summed E-state index contributed by atoms with van der Waals surface area (Å²) < 4.78 is 59.8. The number of aliphatic carboxylic acids is 1. The van der Waals surface area contributed by atoms with Crippen LogP contribution in [0.3, 0.4) is 0 Å². The molecule has 3 rings (SSSR count). The van der Waals surface area contributed by atoms with Crippen LogP contribution in [0.15, 0.2) is 47.4 Å². The molecular formula is C23H27F3N2O5S. The highest BCUT2D eigenvalue weighted by atomic mass is 32.2. The molecule has 2 aromatic carbocycles. The van der Waals surface area contributed by atoms with E-state index in [9.17, 15) is 26.4 Å². The van der Waals surface area contributed by atoms with Crippen molar-refractivity contribution >= 4 is 27.6 Å². The van der Waals surface area contributed by atoms with Gasteiger partial charge in [-0.3, -0.25) is 9.52 Å². The lowest BCUT2D eigenvalue weighted by atomic mass is 9.95. The summed E-state index contributed by atoms with van der Waals surface area (Å²) in [6, 6.07) is 12.5. The molecule has 11 heteroatoms. The quantitative estimate of drug-likeness (QED) is 0.525. The van der Waals surface area contributed by atoms with Crippen molar-refractivity contribution in [3.05, 3.63) is 59.2 Å². The van der Waals surface area contributed by atoms with Gasteiger partial charge in [0.05, 0.1) is 10.3 Å². The number of aryl methyl sites for hydroxylation is 2. The number of rotatable bonds is 7. The number of carbonyl (C=O) groups excluding carboxylic acids is 1. The summed E-state index contributed by atoms with van der Waals surface area (Å²) in [6.07, 6.45) is -2.52. The summed E-state index contributed by atoms with van der Waals surface area (Å²) in [4.78, 5) is 21.6. The highest BCUT2D eigenvalue weighted by Crippen LogP contribution is 2.48. The molecule has 0 spiro atoms. The van der Waals surface area contributed by atoms with Crippen LogP contribution in [0.2, 0.25) is 0 Å². The molecule has 0 aliphatic heterocycles. The fourth-order valence-electron chi connectivity index (χ4n) is 3.24. The van der Waals surface area contributed by atoms with Gasteiger partial charge in [0.2, 0.25) is 5.91 Å². The van der Waals surface area contributed by atoms with E-state index in [-0.39, 0.29) is 10.8 Å². The molecule has 0 bridgehead atoms. The van der Waals surface area contributed by atoms with Gasteiger partial charge in [-0.15, -0.1) is 0 Å². The van der Waals surface area contributed by atoms with E-state index in [1.165, 1.54) is 0 Å². The third-order valence-electron chi connectivity index (χ3n) is 5.29. The summed E-state index contributed by atoms with van der Waals surface area (Å²) in [5, 5.41) is 10.1. The van der Waals surface area contributed by atoms with Crippen molar-refractivity contribution in [2.45, 2.75) is 56.5 Å². The number of benzene rings is 2. The predicted octanol–water partition coefficient (Wildman–Crippen LogP) is 4.30. The highest BCUT2D eigenvalue weighted by molar-refractivity contribution is 7.92. The van der Waals surface area contributed by atoms with Crippen molar-refractivity contribution in [2.75, 3.05) is 11.3 Å². The van der Waals surface area contributed by atoms with Crippen LogP contribution in [0.4, 0.5) is 18.9 Å². The predicted molar refractivity (Wildman–Crippen MR) is 121 cm³/mol. The van der Waals surface area contributed by atoms with Crippen LogP contribution < -0.4 is 10.0 Å². The molecule has 186 valence electrons. The second-order valence-electron chi connectivity index (χ2n) is 8.09. The van der Waals surface area contributed by atoms with E-state index in [4.69, 9.17) is 9.90 Å². The molecule has 2 aromatic rings. The molecule has 1 fully saturated rings. The standard InChI is InChI=1S/C21H26N2O3S.C2HF3O2/c1-4-13-22-20(24)21(11-12-21)17-7-9-18(10-8-17)23-27(25,26)19-14-15(2)5-6-16(19)3;3-2(4,5)1(6)7/h5-10,14,23H,4,11-13H2,1-3H3,(H,22,24);(H,6,7). The van der Waals surface area contributed by atoms with Gasteiger partial charge in [0.25, 0.3) is 10.0 Å². The zero-order valence-electron chi connectivity index (χ0n) is 19.0. The van der Waals surface area contributed by atoms with E-state index in [1.807, 2.05) is 32.0 Å². The number of amides is 1. The highest BCUT2D eigenvalue weighted by Gasteiger charge is 2.51. The first kappa shape index (κ1) is 27.2. The Balaban J connectivity index is 0.000000509. The minimum Gasteiger partial charge on any atom is -0.475 e. The molecule has 0 unspecified atom stereocenters. The minimum atomic E-state index is -5.08. The van der Waals surface area contributed by atoms with Gasteiger partial charge in [0, 0.05) is 12.2 Å². The van der Waals surface area contributed by atoms with Crippen LogP contribution in [0.5, 0.6) is 0 Å². The molecule has 0 saturated heterocycles. The zero-order valence-corrected chi connectivity index (χ0v) is 19.8. The fourth-order valence-corrected chi connectivity index (χ4v) is 4.63. The summed E-state index contributed by atoms with van der Waals surface area (Å²) in [5.74, 6) is -2.69. The molecule has 1 saturated carbocycles. The van der Waals surface area contributed by atoms with Gasteiger partial charge in [-0.2, -0.15) is 13.2 Å². The molecule has 1 aliphatic rings. The number of alkyl halides is 3. The normalized spacial score (nSPS) is 14.4. The number of halogens is 3. The lowest BCUT2D eigenvalue weighted by Crippen LogP contribution is -2.35. The molecule has 0 atom stereocenters. The smallest absolute Gasteiger partial charge is 0.475 e. The Hall–Kier alpha value is -3.08. The number of sulfonamides is 1. The molecule has 0 aromatic heterocycles. The molecule has 1 aliphatic carbocycles. The van der Waals surface area contributed by atoms with E-state index < -0.39 is 27.6 Å². The number of carboxylic acids is 1. The largest absolute Gasteiger partial charge is 0.490 e. The van der Waals surface area contributed by atoms with E-state index in [0.29, 0.717) is 17.8 Å². The van der Waals surface area contributed by atoms with E-state index >= 15 is 0 Å². The van der Waals surface area contributed by atoms with Crippen LogP contribution in [0.25, 0.3) is 0 Å². The van der Waals surface area contributed by atoms with Crippen molar-refractivity contribution < 1.29 is 36.3 Å². The van der Waals surface area contributed by atoms with Gasteiger partial charge < -0.3 is 10.4 Å². The van der Waals surface area contributed by atoms with Crippen molar-refractivity contribution in [1.82, 2.24) is 5.32 Å². The number of hydrogen-bond acceptors (Lipinski definition) is 4. The summed E-state index contributed by atoms with van der Waals surface area (Å²) in [5.41, 5.74) is 2.58. The Labute approximate surface area is 196 Å². The Morgan fingerprint density at radius 1 is 1.06 bits per heavy atom.